The van der Waals surface area contributed by atoms with Gasteiger partial charge < -0.3 is 28.4 Å². The summed E-state index contributed by atoms with van der Waals surface area (Å²) in [4.78, 5) is 22.0. The molecule has 3 N–H and O–H groups in total. The molecule has 0 fully saturated rings. The molecule has 2 unspecified atom stereocenters. The van der Waals surface area contributed by atoms with Crippen LogP contribution in [-0.2, 0) is 65.0 Å². The largest absolute Gasteiger partial charge is 0.783 e. The van der Waals surface area contributed by atoms with Gasteiger partial charge in [0.1, 0.15) is 0 Å². The number of sulfonamides is 1. The summed E-state index contributed by atoms with van der Waals surface area (Å²) in [6, 6.07) is 7.33. The summed E-state index contributed by atoms with van der Waals surface area (Å²) in [5.74, 6) is -1.30. The zero-order valence-electron chi connectivity index (χ0n) is 22.4. The van der Waals surface area contributed by atoms with Crippen molar-refractivity contribution in [2.45, 2.75) is 53.0 Å². The Morgan fingerprint density at radius 2 is 1.89 bits per heavy atom. The van der Waals surface area contributed by atoms with Crippen molar-refractivity contribution >= 4 is 51.8 Å². The maximum Gasteiger partial charge on any atom is 0.303 e. The minimum absolute atomic E-state index is 0. The Bertz CT molecular complexity index is 1140. The number of para-hydroxylation sites is 1. The molecule has 1 radical (unpaired) electrons. The van der Waals surface area contributed by atoms with Crippen LogP contribution in [0.1, 0.15) is 58.6 Å². The minimum atomic E-state index is -3.81. The summed E-state index contributed by atoms with van der Waals surface area (Å²) < 4.78 is 28.5. The van der Waals surface area contributed by atoms with E-state index >= 15 is 0 Å². The molecule has 8 nitrogen and oxygen atoms in total. The van der Waals surface area contributed by atoms with Crippen LogP contribution >= 0.6 is 11.6 Å². The van der Waals surface area contributed by atoms with Gasteiger partial charge in [-0.3, -0.25) is 13.9 Å². The standard InChI is InChI=1S/C19H24ClN3O3S2.C7H14O2.Y/c1-2-21-19-14-5-3-4-6-16(14)23(10-9-22-18(24)12-27)28(25,26)17-11-13(20)7-8-15(17)19;1-4-7(2,3)5-6(8)9;/h3-7,11,15,19,21,27H,2,8-10,12H2,1H3,(H,22,24);4-5H2,1-3H3,(H,8,9);/p-1. The smallest absolute Gasteiger partial charge is 0.303 e. The molecule has 2 aliphatic rings. The van der Waals surface area contributed by atoms with Crippen LogP contribution in [0, 0.1) is 11.3 Å². The number of nitrogens with one attached hydrogen (secondary N) is 2. The van der Waals surface area contributed by atoms with Gasteiger partial charge in [-0.05, 0) is 36.1 Å². The number of nitrogens with zero attached hydrogens (tertiary/aromatic N) is 1. The molecule has 3 rings (SSSR count). The molecule has 1 amide bonds. The number of rotatable bonds is 9. The fourth-order valence-corrected chi connectivity index (χ4v) is 6.55. The quantitative estimate of drug-likeness (QED) is 0.343. The summed E-state index contributed by atoms with van der Waals surface area (Å²) in [5.41, 5.74) is 1.50. The van der Waals surface area contributed by atoms with Crippen LogP contribution in [0.25, 0.3) is 0 Å². The van der Waals surface area contributed by atoms with Crippen LogP contribution in [0.2, 0.25) is 0 Å². The fraction of sp³-hybridized carbons (Fsp3) is 0.538. The first kappa shape index (κ1) is 35.1. The van der Waals surface area contributed by atoms with E-state index in [2.05, 4.69) is 10.6 Å². The van der Waals surface area contributed by atoms with E-state index in [1.54, 1.807) is 12.1 Å². The number of carboxylic acids is 1. The average molecular weight is 660 g/mol. The van der Waals surface area contributed by atoms with Crippen molar-refractivity contribution < 1.29 is 55.8 Å². The summed E-state index contributed by atoms with van der Waals surface area (Å²) >= 11 is 10.9. The summed E-state index contributed by atoms with van der Waals surface area (Å²) in [5, 5.41) is 14.9. The van der Waals surface area contributed by atoms with Crippen LogP contribution in [-0.4, -0.2) is 50.8 Å². The van der Waals surface area contributed by atoms with Crippen LogP contribution in [0.15, 0.2) is 46.4 Å². The number of halogens is 1. The van der Waals surface area contributed by atoms with E-state index in [1.165, 1.54) is 4.31 Å². The first-order valence-electron chi connectivity index (χ1n) is 12.4. The number of hydrogen-bond donors (Lipinski definition) is 3. The zero-order valence-corrected chi connectivity index (χ0v) is 27.6. The monoisotopic (exact) mass is 659 g/mol. The average Bonchev–Trinajstić information content (AvgIpc) is 2.91. The molecule has 0 spiro atoms. The molecule has 38 heavy (non-hydrogen) atoms. The zero-order chi connectivity index (χ0) is 27.8. The van der Waals surface area contributed by atoms with E-state index in [1.807, 2.05) is 52.0 Å². The van der Waals surface area contributed by atoms with E-state index in [0.717, 1.165) is 12.0 Å². The van der Waals surface area contributed by atoms with Gasteiger partial charge in [0, 0.05) is 56.2 Å². The second-order valence-electron chi connectivity index (χ2n) is 9.73. The Morgan fingerprint density at radius 1 is 1.24 bits per heavy atom. The van der Waals surface area contributed by atoms with Gasteiger partial charge in [-0.2, -0.15) is 0 Å². The normalized spacial score (nSPS) is 19.7. The topological polar surface area (TPSA) is 116 Å². The van der Waals surface area contributed by atoms with E-state index in [-0.39, 0.29) is 81.3 Å². The second kappa shape index (κ2) is 15.8. The number of carbonyl (C=O) groups is 2. The molecule has 0 saturated heterocycles. The predicted octanol–water partition coefficient (Wildman–Crippen LogP) is 4.07. The Morgan fingerprint density at radius 3 is 2.45 bits per heavy atom. The minimum Gasteiger partial charge on any atom is -0.783 e. The Hall–Kier alpha value is -0.906. The van der Waals surface area contributed by atoms with Gasteiger partial charge in [0.15, 0.2) is 5.91 Å². The first-order valence-corrected chi connectivity index (χ1v) is 14.8. The number of aliphatic carboxylic acids is 1. The van der Waals surface area contributed by atoms with Crippen LogP contribution in [0.3, 0.4) is 0 Å². The number of benzene rings is 1. The third-order valence-corrected chi connectivity index (χ3v) is 9.02. The number of amides is 1. The predicted molar refractivity (Wildman–Crippen MR) is 151 cm³/mol. The maximum atomic E-state index is 13.6. The molecule has 209 valence electrons. The number of fused-ring (bicyclic) bond motifs is 2. The summed E-state index contributed by atoms with van der Waals surface area (Å²) in [7, 11) is -3.81. The Balaban J connectivity index is 0.000000622. The molecule has 1 aliphatic heterocycles. The van der Waals surface area contributed by atoms with Gasteiger partial charge in [-0.1, -0.05) is 75.7 Å². The number of carbonyl (C=O) groups excluding carboxylic acids is 1. The third-order valence-electron chi connectivity index (χ3n) is 6.52. The number of allylic oxidation sites excluding steroid dienone is 3. The SMILES string of the molecule is CCC(C)(C)CC(=O)O.CCNC1c2ccccc2N(CCNC(=O)C[S-])S(=O)(=O)C2=CC(Cl)=CCC21.[Y]. The second-order valence-corrected chi connectivity index (χ2v) is 12.3. The Labute approximate surface area is 262 Å². The van der Waals surface area contributed by atoms with Gasteiger partial charge in [-0.25, -0.2) is 8.42 Å². The molecule has 0 saturated carbocycles. The van der Waals surface area contributed by atoms with Crippen LogP contribution < -0.4 is 14.9 Å². The van der Waals surface area contributed by atoms with E-state index in [9.17, 15) is 18.0 Å². The molecule has 0 bridgehead atoms. The fourth-order valence-electron chi connectivity index (χ4n) is 4.27. The summed E-state index contributed by atoms with van der Waals surface area (Å²) in [6.45, 7) is 8.92. The van der Waals surface area contributed by atoms with Gasteiger partial charge in [0.2, 0.25) is 0 Å². The van der Waals surface area contributed by atoms with Crippen molar-refractivity contribution in [1.82, 2.24) is 10.6 Å². The van der Waals surface area contributed by atoms with E-state index in [4.69, 9.17) is 29.3 Å². The van der Waals surface area contributed by atoms with E-state index in [0.29, 0.717) is 28.6 Å². The van der Waals surface area contributed by atoms with Crippen molar-refractivity contribution in [3.8, 4) is 0 Å². The maximum absolute atomic E-state index is 13.6. The van der Waals surface area contributed by atoms with Gasteiger partial charge in [0.25, 0.3) is 10.0 Å². The molecule has 12 heteroatoms. The molecule has 1 aliphatic carbocycles. The molecule has 1 heterocycles. The van der Waals surface area contributed by atoms with Crippen molar-refractivity contribution in [3.05, 3.63) is 51.9 Å². The molecule has 1 aromatic rings. The number of anilines is 1. The third kappa shape index (κ3) is 9.34. The summed E-state index contributed by atoms with van der Waals surface area (Å²) in [6.07, 6.45) is 5.13. The van der Waals surface area contributed by atoms with Crippen LogP contribution in [0.4, 0.5) is 5.69 Å². The number of carboxylic acid groups (broad SMARTS) is 1. The molecular formula is C26H37ClN3O5S2Y-. The van der Waals surface area contributed by atoms with Crippen molar-refractivity contribution in [1.29, 1.82) is 0 Å². The van der Waals surface area contributed by atoms with E-state index < -0.39 is 16.0 Å². The molecule has 0 aromatic heterocycles. The van der Waals surface area contributed by atoms with Gasteiger partial charge in [-0.15, -0.1) is 0 Å². The first-order chi connectivity index (χ1) is 17.4. The van der Waals surface area contributed by atoms with Gasteiger partial charge in [0.05, 0.1) is 23.6 Å². The van der Waals surface area contributed by atoms with Crippen molar-refractivity contribution in [2.24, 2.45) is 11.3 Å². The number of hydrogen-bond acceptors (Lipinski definition) is 6. The van der Waals surface area contributed by atoms with Crippen molar-refractivity contribution in [2.75, 3.05) is 29.7 Å². The van der Waals surface area contributed by atoms with Crippen molar-refractivity contribution in [3.63, 3.8) is 0 Å². The molecule has 2 atom stereocenters. The molecule has 1 aromatic carbocycles. The Kier molecular flexibility index (Phi) is 14.6. The van der Waals surface area contributed by atoms with Crippen LogP contribution in [0.5, 0.6) is 0 Å². The molecular weight excluding hydrogens is 623 g/mol. The van der Waals surface area contributed by atoms with Gasteiger partial charge >= 0.3 is 5.97 Å².